The van der Waals surface area contributed by atoms with Gasteiger partial charge in [0.2, 0.25) is 5.91 Å². The Morgan fingerprint density at radius 2 is 2.13 bits per heavy atom. The van der Waals surface area contributed by atoms with Gasteiger partial charge in [-0.2, -0.15) is 0 Å². The van der Waals surface area contributed by atoms with Crippen LogP contribution in [0, 0.1) is 0 Å². The van der Waals surface area contributed by atoms with Gasteiger partial charge in [-0.15, -0.1) is 11.6 Å². The number of nitrogens with one attached hydrogen (secondary N) is 1. The van der Waals surface area contributed by atoms with Crippen LogP contribution >= 0.6 is 11.6 Å². The third kappa shape index (κ3) is 2.95. The lowest BCUT2D eigenvalue weighted by atomic mass is 10.1. The molecule has 0 radical (unpaired) electrons. The Morgan fingerprint density at radius 1 is 1.47 bits per heavy atom. The second-order valence-corrected chi connectivity index (χ2v) is 3.24. The second kappa shape index (κ2) is 4.79. The molecular formula is C10H10ClNO3. The van der Waals surface area contributed by atoms with Crippen LogP contribution in [-0.4, -0.2) is 22.7 Å². The average Bonchev–Trinajstić information content (AvgIpc) is 2.17. The van der Waals surface area contributed by atoms with E-state index >= 15 is 0 Å². The molecule has 0 saturated heterocycles. The Labute approximate surface area is 91.9 Å². The summed E-state index contributed by atoms with van der Waals surface area (Å²) >= 11 is 5.29. The molecule has 0 aliphatic rings. The van der Waals surface area contributed by atoms with E-state index < -0.39 is 0 Å². The van der Waals surface area contributed by atoms with E-state index in [4.69, 9.17) is 11.6 Å². The number of carbonyl (C=O) groups excluding carboxylic acids is 2. The molecule has 1 aromatic carbocycles. The van der Waals surface area contributed by atoms with E-state index in [1.54, 1.807) is 0 Å². The standard InChI is InChI=1S/C10H10ClNO3/c1-6(13)8-3-2-7(4-9(8)14)12-10(15)5-11/h2-4,14H,5H2,1H3,(H,12,15). The first-order valence-electron chi connectivity index (χ1n) is 4.24. The minimum atomic E-state index is -0.369. The van der Waals surface area contributed by atoms with E-state index in [9.17, 15) is 14.7 Å². The van der Waals surface area contributed by atoms with Crippen molar-refractivity contribution >= 4 is 29.0 Å². The zero-order chi connectivity index (χ0) is 11.4. The predicted molar refractivity (Wildman–Crippen MR) is 57.5 cm³/mol. The Hall–Kier alpha value is -1.55. The Morgan fingerprint density at radius 3 is 2.60 bits per heavy atom. The maximum Gasteiger partial charge on any atom is 0.239 e. The van der Waals surface area contributed by atoms with Gasteiger partial charge in [-0.25, -0.2) is 0 Å². The largest absolute Gasteiger partial charge is 0.507 e. The molecule has 80 valence electrons. The number of carbonyl (C=O) groups is 2. The van der Waals surface area contributed by atoms with Crippen molar-refractivity contribution in [2.75, 3.05) is 11.2 Å². The molecule has 15 heavy (non-hydrogen) atoms. The van der Waals surface area contributed by atoms with Crippen LogP contribution in [0.15, 0.2) is 18.2 Å². The number of aromatic hydroxyl groups is 1. The summed E-state index contributed by atoms with van der Waals surface area (Å²) < 4.78 is 0. The summed E-state index contributed by atoms with van der Waals surface area (Å²) in [4.78, 5) is 21.9. The summed E-state index contributed by atoms with van der Waals surface area (Å²) in [6.07, 6.45) is 0. The smallest absolute Gasteiger partial charge is 0.239 e. The lowest BCUT2D eigenvalue weighted by Gasteiger charge is -2.05. The highest BCUT2D eigenvalue weighted by Crippen LogP contribution is 2.22. The van der Waals surface area contributed by atoms with Gasteiger partial charge in [0.05, 0.1) is 5.56 Å². The Bertz CT molecular complexity index is 404. The topological polar surface area (TPSA) is 66.4 Å². The van der Waals surface area contributed by atoms with Crippen LogP contribution in [0.5, 0.6) is 5.75 Å². The normalized spacial score (nSPS) is 9.73. The zero-order valence-corrected chi connectivity index (χ0v) is 8.84. The summed E-state index contributed by atoms with van der Waals surface area (Å²) in [5.74, 6) is -0.917. The molecule has 0 aliphatic heterocycles. The van der Waals surface area contributed by atoms with Crippen molar-refractivity contribution < 1.29 is 14.7 Å². The molecule has 1 aromatic rings. The van der Waals surface area contributed by atoms with Crippen LogP contribution in [0.3, 0.4) is 0 Å². The maximum atomic E-state index is 11.0. The number of hydrogen-bond acceptors (Lipinski definition) is 3. The van der Waals surface area contributed by atoms with Gasteiger partial charge in [-0.05, 0) is 19.1 Å². The van der Waals surface area contributed by atoms with Crippen molar-refractivity contribution in [1.29, 1.82) is 0 Å². The van der Waals surface area contributed by atoms with E-state index in [2.05, 4.69) is 5.32 Å². The number of benzene rings is 1. The van der Waals surface area contributed by atoms with Crippen molar-refractivity contribution in [3.8, 4) is 5.75 Å². The zero-order valence-electron chi connectivity index (χ0n) is 8.08. The summed E-state index contributed by atoms with van der Waals surface area (Å²) in [6.45, 7) is 1.35. The third-order valence-electron chi connectivity index (χ3n) is 1.78. The second-order valence-electron chi connectivity index (χ2n) is 2.97. The Balaban J connectivity index is 2.91. The number of ketones is 1. The van der Waals surface area contributed by atoms with Crippen molar-refractivity contribution in [2.45, 2.75) is 6.92 Å². The molecule has 0 heterocycles. The van der Waals surface area contributed by atoms with Crippen LogP contribution < -0.4 is 5.32 Å². The first-order chi connectivity index (χ1) is 7.04. The summed E-state index contributed by atoms with van der Waals surface area (Å²) in [5, 5.41) is 11.9. The fourth-order valence-corrected chi connectivity index (χ4v) is 1.17. The number of hydrogen-bond donors (Lipinski definition) is 2. The van der Waals surface area contributed by atoms with E-state index in [1.807, 2.05) is 0 Å². The number of rotatable bonds is 3. The molecule has 0 unspecified atom stereocenters. The fraction of sp³-hybridized carbons (Fsp3) is 0.200. The molecule has 5 heteroatoms. The van der Waals surface area contributed by atoms with Gasteiger partial charge >= 0.3 is 0 Å². The minimum absolute atomic E-state index is 0.158. The molecule has 0 fully saturated rings. The number of halogens is 1. The number of amides is 1. The summed E-state index contributed by atoms with van der Waals surface area (Å²) in [6, 6.07) is 4.28. The molecule has 1 amide bonds. The van der Waals surface area contributed by atoms with Crippen LogP contribution in [-0.2, 0) is 4.79 Å². The van der Waals surface area contributed by atoms with Gasteiger partial charge in [-0.1, -0.05) is 0 Å². The summed E-state index contributed by atoms with van der Waals surface area (Å²) in [5.41, 5.74) is 0.627. The molecule has 0 aromatic heterocycles. The van der Waals surface area contributed by atoms with Gasteiger partial charge in [0.25, 0.3) is 0 Å². The van der Waals surface area contributed by atoms with E-state index in [0.29, 0.717) is 5.69 Å². The maximum absolute atomic E-state index is 11.0. The highest BCUT2D eigenvalue weighted by molar-refractivity contribution is 6.29. The number of Topliss-reactive ketones (excluding diaryl/α,β-unsaturated/α-hetero) is 1. The fourth-order valence-electron chi connectivity index (χ4n) is 1.10. The Kier molecular flexibility index (Phi) is 3.68. The lowest BCUT2D eigenvalue weighted by molar-refractivity contribution is -0.113. The van der Waals surface area contributed by atoms with Gasteiger partial charge < -0.3 is 10.4 Å². The molecule has 0 atom stereocenters. The van der Waals surface area contributed by atoms with Crippen molar-refractivity contribution in [2.24, 2.45) is 0 Å². The van der Waals surface area contributed by atoms with Crippen LogP contribution in [0.1, 0.15) is 17.3 Å². The minimum Gasteiger partial charge on any atom is -0.507 e. The number of phenols is 1. The predicted octanol–water partition coefficient (Wildman–Crippen LogP) is 1.77. The van der Waals surface area contributed by atoms with Crippen molar-refractivity contribution in [3.05, 3.63) is 23.8 Å². The third-order valence-corrected chi connectivity index (χ3v) is 2.02. The van der Waals surface area contributed by atoms with E-state index in [0.717, 1.165) is 0 Å². The molecule has 0 saturated carbocycles. The SMILES string of the molecule is CC(=O)c1ccc(NC(=O)CCl)cc1O. The first-order valence-corrected chi connectivity index (χ1v) is 4.78. The van der Waals surface area contributed by atoms with Crippen molar-refractivity contribution in [3.63, 3.8) is 0 Å². The molecule has 4 nitrogen and oxygen atoms in total. The number of anilines is 1. The van der Waals surface area contributed by atoms with E-state index in [1.165, 1.54) is 25.1 Å². The average molecular weight is 228 g/mol. The summed E-state index contributed by atoms with van der Waals surface area (Å²) in [7, 11) is 0. The van der Waals surface area contributed by atoms with Crippen LogP contribution in [0.25, 0.3) is 0 Å². The first kappa shape index (κ1) is 11.5. The van der Waals surface area contributed by atoms with Crippen molar-refractivity contribution in [1.82, 2.24) is 0 Å². The van der Waals surface area contributed by atoms with E-state index in [-0.39, 0.29) is 28.9 Å². The number of phenolic OH excluding ortho intramolecular Hbond substituents is 1. The molecule has 2 N–H and O–H groups in total. The van der Waals surface area contributed by atoms with Gasteiger partial charge in [0, 0.05) is 11.8 Å². The van der Waals surface area contributed by atoms with Crippen LogP contribution in [0.2, 0.25) is 0 Å². The van der Waals surface area contributed by atoms with Gasteiger partial charge in [-0.3, -0.25) is 9.59 Å². The molecule has 0 spiro atoms. The quantitative estimate of drug-likeness (QED) is 0.611. The monoisotopic (exact) mass is 227 g/mol. The highest BCUT2D eigenvalue weighted by Gasteiger charge is 2.07. The molecular weight excluding hydrogens is 218 g/mol. The van der Waals surface area contributed by atoms with Gasteiger partial charge in [0.1, 0.15) is 11.6 Å². The molecule has 0 aliphatic carbocycles. The highest BCUT2D eigenvalue weighted by atomic mass is 35.5. The van der Waals surface area contributed by atoms with Crippen LogP contribution in [0.4, 0.5) is 5.69 Å². The lowest BCUT2D eigenvalue weighted by Crippen LogP contribution is -2.12. The molecule has 1 rings (SSSR count). The molecule has 0 bridgehead atoms. The number of alkyl halides is 1. The van der Waals surface area contributed by atoms with Gasteiger partial charge in [0.15, 0.2) is 5.78 Å².